The summed E-state index contributed by atoms with van der Waals surface area (Å²) >= 11 is 0. The minimum atomic E-state index is 0.145. The fraction of sp³-hybridized carbons (Fsp3) is 0.577. The Morgan fingerprint density at radius 1 is 1.09 bits per heavy atom. The van der Waals surface area contributed by atoms with Gasteiger partial charge in [-0.05, 0) is 61.4 Å². The second-order valence-electron chi connectivity index (χ2n) is 10.4. The lowest BCUT2D eigenvalue weighted by Crippen LogP contribution is -2.44. The van der Waals surface area contributed by atoms with E-state index in [1.165, 1.54) is 11.1 Å². The summed E-state index contributed by atoms with van der Waals surface area (Å²) in [5, 5.41) is 8.32. The number of rotatable bonds is 6. The molecule has 0 aliphatic carbocycles. The number of aromatic nitrogens is 2. The first-order valence-corrected chi connectivity index (χ1v) is 12.0. The van der Waals surface area contributed by atoms with Crippen molar-refractivity contribution in [2.24, 2.45) is 0 Å². The van der Waals surface area contributed by atoms with Gasteiger partial charge in [0.05, 0.1) is 12.6 Å². The summed E-state index contributed by atoms with van der Waals surface area (Å²) in [7, 11) is 2.06. The number of anilines is 1. The van der Waals surface area contributed by atoms with E-state index >= 15 is 0 Å². The van der Waals surface area contributed by atoms with Crippen molar-refractivity contribution in [1.82, 2.24) is 20.0 Å². The molecule has 0 saturated carbocycles. The molecule has 2 saturated heterocycles. The van der Waals surface area contributed by atoms with Crippen LogP contribution in [0.5, 0.6) is 0 Å². The summed E-state index contributed by atoms with van der Waals surface area (Å²) in [5.41, 5.74) is 2.74. The van der Waals surface area contributed by atoms with Gasteiger partial charge in [0.1, 0.15) is 0 Å². The average Bonchev–Trinajstić information content (AvgIpc) is 3.43. The maximum atomic E-state index is 13.2. The largest absolute Gasteiger partial charge is 0.351 e. The molecular weight excluding hydrogens is 398 g/mol. The summed E-state index contributed by atoms with van der Waals surface area (Å²) < 4.78 is 0. The van der Waals surface area contributed by atoms with Crippen molar-refractivity contribution >= 4 is 11.7 Å². The number of likely N-dealkylation sites (N-methyl/N-ethyl adjacent to an activating group) is 1. The van der Waals surface area contributed by atoms with Crippen LogP contribution in [0.3, 0.4) is 0 Å². The van der Waals surface area contributed by atoms with Crippen LogP contribution in [0.25, 0.3) is 0 Å². The normalized spacial score (nSPS) is 21.5. The number of hydrogen-bond donors (Lipinski definition) is 0. The highest BCUT2D eigenvalue weighted by Gasteiger charge is 2.32. The molecule has 0 bridgehead atoms. The molecule has 0 radical (unpaired) electrons. The van der Waals surface area contributed by atoms with Crippen molar-refractivity contribution in [3.8, 4) is 0 Å². The van der Waals surface area contributed by atoms with E-state index < -0.39 is 0 Å². The molecule has 4 rings (SSSR count). The second kappa shape index (κ2) is 9.57. The van der Waals surface area contributed by atoms with Gasteiger partial charge in [-0.3, -0.25) is 9.69 Å². The topological polar surface area (TPSA) is 52.6 Å². The molecule has 0 N–H and O–H groups in total. The number of benzene rings is 1. The Kier molecular flexibility index (Phi) is 6.79. The van der Waals surface area contributed by atoms with Crippen LogP contribution in [0.1, 0.15) is 63.6 Å². The maximum Gasteiger partial charge on any atom is 0.237 e. The average molecular weight is 436 g/mol. The lowest BCUT2D eigenvalue weighted by Gasteiger charge is -2.31. The van der Waals surface area contributed by atoms with Crippen molar-refractivity contribution in [2.45, 2.75) is 64.0 Å². The van der Waals surface area contributed by atoms with Crippen LogP contribution in [0, 0.1) is 0 Å². The van der Waals surface area contributed by atoms with Crippen molar-refractivity contribution < 1.29 is 4.79 Å². The van der Waals surface area contributed by atoms with Crippen molar-refractivity contribution in [1.29, 1.82) is 0 Å². The fourth-order valence-corrected chi connectivity index (χ4v) is 5.14. The van der Waals surface area contributed by atoms with Gasteiger partial charge < -0.3 is 9.80 Å². The Morgan fingerprint density at radius 3 is 2.53 bits per heavy atom. The van der Waals surface area contributed by atoms with Gasteiger partial charge >= 0.3 is 0 Å². The van der Waals surface area contributed by atoms with Gasteiger partial charge in [0.15, 0.2) is 5.82 Å². The first-order valence-electron chi connectivity index (χ1n) is 12.0. The molecule has 2 unspecified atom stereocenters. The molecule has 6 nitrogen and oxygen atoms in total. The van der Waals surface area contributed by atoms with Crippen LogP contribution >= 0.6 is 0 Å². The number of carbonyl (C=O) groups excluding carboxylic acids is 1. The van der Waals surface area contributed by atoms with E-state index in [9.17, 15) is 4.79 Å². The minimum Gasteiger partial charge on any atom is -0.351 e. The van der Waals surface area contributed by atoms with Gasteiger partial charge in [0, 0.05) is 31.9 Å². The van der Waals surface area contributed by atoms with Crippen LogP contribution in [0.15, 0.2) is 42.6 Å². The van der Waals surface area contributed by atoms with Crippen LogP contribution in [-0.2, 0) is 10.2 Å². The smallest absolute Gasteiger partial charge is 0.237 e. The van der Waals surface area contributed by atoms with E-state index in [1.807, 2.05) is 12.1 Å². The van der Waals surface area contributed by atoms with Gasteiger partial charge in [0.25, 0.3) is 0 Å². The second-order valence-corrected chi connectivity index (χ2v) is 10.4. The van der Waals surface area contributed by atoms with Gasteiger partial charge in [0.2, 0.25) is 5.91 Å². The number of likely N-dealkylation sites (tertiary alicyclic amines) is 1. The predicted molar refractivity (Wildman–Crippen MR) is 129 cm³/mol. The first kappa shape index (κ1) is 22.7. The van der Waals surface area contributed by atoms with Crippen molar-refractivity contribution in [3.63, 3.8) is 0 Å². The van der Waals surface area contributed by atoms with Crippen LogP contribution in [0.2, 0.25) is 0 Å². The molecule has 32 heavy (non-hydrogen) atoms. The molecule has 6 heteroatoms. The van der Waals surface area contributed by atoms with Crippen LogP contribution in [0.4, 0.5) is 5.82 Å². The number of nitrogens with zero attached hydrogens (tertiary/aromatic N) is 5. The summed E-state index contributed by atoms with van der Waals surface area (Å²) in [6.07, 6.45) is 6.11. The zero-order valence-corrected chi connectivity index (χ0v) is 20.0. The minimum absolute atomic E-state index is 0.145. The lowest BCUT2D eigenvalue weighted by molar-refractivity contribution is -0.133. The molecule has 1 aromatic carbocycles. The van der Waals surface area contributed by atoms with E-state index in [2.05, 4.69) is 77.0 Å². The molecular formula is C26H37N5O. The Hall–Kier alpha value is -2.47. The van der Waals surface area contributed by atoms with E-state index in [4.69, 9.17) is 0 Å². The summed E-state index contributed by atoms with van der Waals surface area (Å²) in [5.74, 6) is 1.17. The highest BCUT2D eigenvalue weighted by molar-refractivity contribution is 5.79. The van der Waals surface area contributed by atoms with Gasteiger partial charge in [-0.25, -0.2) is 0 Å². The van der Waals surface area contributed by atoms with Crippen LogP contribution in [-0.4, -0.2) is 65.2 Å². The Labute approximate surface area is 192 Å². The number of carbonyl (C=O) groups is 1. The molecule has 2 aliphatic heterocycles. The quantitative estimate of drug-likeness (QED) is 0.685. The zero-order chi connectivity index (χ0) is 22.7. The van der Waals surface area contributed by atoms with Crippen molar-refractivity contribution in [2.75, 3.05) is 38.1 Å². The van der Waals surface area contributed by atoms with E-state index in [1.54, 1.807) is 6.20 Å². The molecule has 3 heterocycles. The molecule has 1 aromatic heterocycles. The first-order chi connectivity index (χ1) is 15.3. The highest BCUT2D eigenvalue weighted by Crippen LogP contribution is 2.33. The third-order valence-corrected chi connectivity index (χ3v) is 6.89. The molecule has 2 atom stereocenters. The monoisotopic (exact) mass is 435 g/mol. The van der Waals surface area contributed by atoms with Gasteiger partial charge in [-0.1, -0.05) is 45.0 Å². The van der Waals surface area contributed by atoms with E-state index in [0.29, 0.717) is 12.6 Å². The lowest BCUT2D eigenvalue weighted by atomic mass is 9.86. The Morgan fingerprint density at radius 2 is 1.84 bits per heavy atom. The van der Waals surface area contributed by atoms with Crippen molar-refractivity contribution in [3.05, 3.63) is 53.7 Å². The molecule has 1 amide bonds. The standard InChI is InChI=1S/C26H37N5O/c1-26(2,3)21-13-11-20(12-14-21)23-9-7-17-31(23)25(32)19-29(4)18-22-8-6-16-30(22)24-10-5-15-27-28-24/h5,10-15,22-23H,6-9,16-19H2,1-4H3. The van der Waals surface area contributed by atoms with E-state index in [-0.39, 0.29) is 17.4 Å². The van der Waals surface area contributed by atoms with Crippen LogP contribution < -0.4 is 4.90 Å². The molecule has 2 aromatic rings. The molecule has 172 valence electrons. The fourth-order valence-electron chi connectivity index (χ4n) is 5.14. The summed E-state index contributed by atoms with van der Waals surface area (Å²) in [4.78, 5) is 19.9. The Balaban J connectivity index is 1.36. The molecule has 0 spiro atoms. The SMILES string of the molecule is CN(CC(=O)N1CCCC1c1ccc(C(C)(C)C)cc1)CC1CCCN1c1cccnn1. The van der Waals surface area contributed by atoms with Gasteiger partial charge in [-0.15, -0.1) is 5.10 Å². The number of amides is 1. The predicted octanol–water partition coefficient (Wildman–Crippen LogP) is 4.04. The van der Waals surface area contributed by atoms with E-state index in [0.717, 1.165) is 51.1 Å². The zero-order valence-electron chi connectivity index (χ0n) is 20.0. The third-order valence-electron chi connectivity index (χ3n) is 6.89. The maximum absolute atomic E-state index is 13.2. The summed E-state index contributed by atoms with van der Waals surface area (Å²) in [6, 6.07) is 13.4. The Bertz CT molecular complexity index is 893. The summed E-state index contributed by atoms with van der Waals surface area (Å²) in [6.45, 7) is 9.89. The molecule has 2 aliphatic rings. The number of hydrogen-bond acceptors (Lipinski definition) is 5. The van der Waals surface area contributed by atoms with Gasteiger partial charge in [-0.2, -0.15) is 5.10 Å². The molecule has 2 fully saturated rings. The highest BCUT2D eigenvalue weighted by atomic mass is 16.2. The third kappa shape index (κ3) is 5.12.